The van der Waals surface area contributed by atoms with Gasteiger partial charge in [0.1, 0.15) is 6.67 Å². The highest BCUT2D eigenvalue weighted by atomic mass is 16.7. The lowest BCUT2D eigenvalue weighted by Crippen LogP contribution is -2.32. The van der Waals surface area contributed by atoms with Crippen molar-refractivity contribution in [2.45, 2.75) is 6.17 Å². The highest BCUT2D eigenvalue weighted by molar-refractivity contribution is 4.63. The molecule has 0 aromatic rings. The predicted molar refractivity (Wildman–Crippen MR) is 32.5 cm³/mol. The summed E-state index contributed by atoms with van der Waals surface area (Å²) in [4.78, 5) is 19.5. The van der Waals surface area contributed by atoms with Gasteiger partial charge in [0.15, 0.2) is 11.6 Å². The first-order valence-electron chi connectivity index (χ1n) is 2.87. The molecule has 0 aliphatic carbocycles. The standard InChI is InChI=1S/C3H6N4O4/c8-6(9)3-1-5(2-4-3)7(10)11/h3-4H,1-2H2. The van der Waals surface area contributed by atoms with Crippen LogP contribution in [0.15, 0.2) is 0 Å². The van der Waals surface area contributed by atoms with E-state index in [9.17, 15) is 20.2 Å². The summed E-state index contributed by atoms with van der Waals surface area (Å²) >= 11 is 0. The molecule has 1 heterocycles. The zero-order valence-corrected chi connectivity index (χ0v) is 5.47. The summed E-state index contributed by atoms with van der Waals surface area (Å²) in [6.45, 7) is -0.251. The third kappa shape index (κ3) is 1.52. The quantitative estimate of drug-likeness (QED) is 0.397. The molecule has 1 saturated heterocycles. The van der Waals surface area contributed by atoms with E-state index in [0.717, 1.165) is 5.01 Å². The molecule has 0 aromatic carbocycles. The second-order valence-electron chi connectivity index (χ2n) is 2.09. The van der Waals surface area contributed by atoms with Gasteiger partial charge in [-0.2, -0.15) is 0 Å². The Balaban J connectivity index is 2.47. The molecular weight excluding hydrogens is 156 g/mol. The SMILES string of the molecule is O=[N+]([O-])C1CN([N+](=O)[O-])CN1. The third-order valence-corrected chi connectivity index (χ3v) is 1.38. The van der Waals surface area contributed by atoms with Crippen LogP contribution in [0.4, 0.5) is 0 Å². The van der Waals surface area contributed by atoms with Crippen LogP contribution in [0.2, 0.25) is 0 Å². The molecule has 0 bridgehead atoms. The summed E-state index contributed by atoms with van der Waals surface area (Å²) in [7, 11) is 0. The molecule has 1 aliphatic rings. The second-order valence-corrected chi connectivity index (χ2v) is 2.09. The molecule has 0 amide bonds. The first kappa shape index (κ1) is 7.66. The summed E-state index contributed by atoms with van der Waals surface area (Å²) < 4.78 is 0. The maximum atomic E-state index is 10.1. The third-order valence-electron chi connectivity index (χ3n) is 1.38. The summed E-state index contributed by atoms with van der Waals surface area (Å²) in [6, 6.07) is 0. The second kappa shape index (κ2) is 2.66. The van der Waals surface area contributed by atoms with Crippen molar-refractivity contribution in [3.05, 3.63) is 20.2 Å². The molecule has 8 nitrogen and oxygen atoms in total. The number of nitrogens with zero attached hydrogens (tertiary/aromatic N) is 3. The van der Waals surface area contributed by atoms with E-state index in [1.165, 1.54) is 0 Å². The molecule has 62 valence electrons. The van der Waals surface area contributed by atoms with Gasteiger partial charge in [0, 0.05) is 4.92 Å². The van der Waals surface area contributed by atoms with Crippen molar-refractivity contribution < 1.29 is 9.96 Å². The number of rotatable bonds is 2. The molecule has 1 atom stereocenters. The first-order valence-corrected chi connectivity index (χ1v) is 2.87. The highest BCUT2D eigenvalue weighted by Gasteiger charge is 2.35. The molecule has 1 unspecified atom stereocenters. The monoisotopic (exact) mass is 162 g/mol. The van der Waals surface area contributed by atoms with E-state index in [-0.39, 0.29) is 13.2 Å². The van der Waals surface area contributed by atoms with E-state index in [2.05, 4.69) is 5.32 Å². The van der Waals surface area contributed by atoms with Gasteiger partial charge in [0.25, 0.3) is 6.17 Å². The largest absolute Gasteiger partial charge is 0.290 e. The van der Waals surface area contributed by atoms with Crippen LogP contribution in [0.5, 0.6) is 0 Å². The number of nitrogens with one attached hydrogen (secondary N) is 1. The maximum Gasteiger partial charge on any atom is 0.290 e. The Bertz CT molecular complexity index is 174. The Morgan fingerprint density at radius 1 is 1.45 bits per heavy atom. The van der Waals surface area contributed by atoms with Gasteiger partial charge in [0.2, 0.25) is 0 Å². The van der Waals surface area contributed by atoms with Crippen LogP contribution in [0, 0.1) is 20.2 Å². The Morgan fingerprint density at radius 2 is 2.09 bits per heavy atom. The van der Waals surface area contributed by atoms with Crippen molar-refractivity contribution in [2.75, 3.05) is 13.2 Å². The summed E-state index contributed by atoms with van der Waals surface area (Å²) in [5.74, 6) is 0. The number of hydrogen-bond acceptors (Lipinski definition) is 5. The van der Waals surface area contributed by atoms with Crippen molar-refractivity contribution in [3.63, 3.8) is 0 Å². The fourth-order valence-corrected chi connectivity index (χ4v) is 0.805. The minimum absolute atomic E-state index is 0.0708. The van der Waals surface area contributed by atoms with Crippen molar-refractivity contribution in [1.29, 1.82) is 0 Å². The fourth-order valence-electron chi connectivity index (χ4n) is 0.805. The molecule has 0 radical (unpaired) electrons. The molecule has 1 N–H and O–H groups in total. The molecule has 0 saturated carbocycles. The fraction of sp³-hybridized carbons (Fsp3) is 1.00. The van der Waals surface area contributed by atoms with Crippen molar-refractivity contribution in [1.82, 2.24) is 10.3 Å². The van der Waals surface area contributed by atoms with Gasteiger partial charge < -0.3 is 0 Å². The first-order chi connectivity index (χ1) is 5.11. The van der Waals surface area contributed by atoms with Crippen LogP contribution in [-0.2, 0) is 0 Å². The van der Waals surface area contributed by atoms with Gasteiger partial charge in [-0.1, -0.05) is 0 Å². The van der Waals surface area contributed by atoms with Gasteiger partial charge in [-0.25, -0.2) is 15.4 Å². The minimum atomic E-state index is -1.01. The zero-order valence-electron chi connectivity index (χ0n) is 5.47. The van der Waals surface area contributed by atoms with Crippen LogP contribution >= 0.6 is 0 Å². The number of hydrazine groups is 1. The van der Waals surface area contributed by atoms with Crippen LogP contribution in [-0.4, -0.2) is 34.3 Å². The average molecular weight is 162 g/mol. The lowest BCUT2D eigenvalue weighted by molar-refractivity contribution is -0.656. The van der Waals surface area contributed by atoms with Crippen LogP contribution in [0.25, 0.3) is 0 Å². The molecule has 1 rings (SSSR count). The Hall–Kier alpha value is -1.44. The van der Waals surface area contributed by atoms with Crippen LogP contribution in [0.1, 0.15) is 0 Å². The van der Waals surface area contributed by atoms with Gasteiger partial charge in [-0.15, -0.1) is 5.01 Å². The van der Waals surface area contributed by atoms with E-state index < -0.39 is 16.1 Å². The van der Waals surface area contributed by atoms with E-state index in [1.54, 1.807) is 0 Å². The summed E-state index contributed by atoms with van der Waals surface area (Å²) in [5, 5.41) is 22.6. The van der Waals surface area contributed by atoms with Crippen LogP contribution < -0.4 is 5.32 Å². The molecule has 11 heavy (non-hydrogen) atoms. The molecular formula is C3H6N4O4. The van der Waals surface area contributed by atoms with Crippen molar-refractivity contribution in [2.24, 2.45) is 0 Å². The minimum Gasteiger partial charge on any atom is -0.263 e. The molecule has 1 fully saturated rings. The highest BCUT2D eigenvalue weighted by Crippen LogP contribution is 2.00. The molecule has 0 spiro atoms. The molecule has 0 aromatic heterocycles. The Morgan fingerprint density at radius 3 is 2.36 bits per heavy atom. The van der Waals surface area contributed by atoms with Gasteiger partial charge in [-0.05, 0) is 0 Å². The lowest BCUT2D eigenvalue weighted by atomic mass is 10.5. The van der Waals surface area contributed by atoms with E-state index >= 15 is 0 Å². The predicted octanol–water partition coefficient (Wildman–Crippen LogP) is -1.36. The molecule has 1 aliphatic heterocycles. The Kier molecular flexibility index (Phi) is 1.85. The van der Waals surface area contributed by atoms with E-state index in [4.69, 9.17) is 0 Å². The zero-order chi connectivity index (χ0) is 8.43. The normalized spacial score (nSPS) is 23.6. The summed E-state index contributed by atoms with van der Waals surface area (Å²) in [6.07, 6.45) is -1.01. The van der Waals surface area contributed by atoms with Crippen molar-refractivity contribution >= 4 is 0 Å². The summed E-state index contributed by atoms with van der Waals surface area (Å²) in [5.41, 5.74) is 0. The maximum absolute atomic E-state index is 10.1. The van der Waals surface area contributed by atoms with E-state index in [0.29, 0.717) is 0 Å². The van der Waals surface area contributed by atoms with E-state index in [1.807, 2.05) is 0 Å². The smallest absolute Gasteiger partial charge is 0.263 e. The lowest BCUT2D eigenvalue weighted by Gasteiger charge is -2.00. The molecule has 8 heteroatoms. The van der Waals surface area contributed by atoms with Crippen LogP contribution in [0.3, 0.4) is 0 Å². The average Bonchev–Trinajstić information content (AvgIpc) is 2.33. The Labute approximate surface area is 61.0 Å². The number of hydrogen-bond donors (Lipinski definition) is 1. The van der Waals surface area contributed by atoms with Crippen molar-refractivity contribution in [3.8, 4) is 0 Å². The van der Waals surface area contributed by atoms with Gasteiger partial charge in [0.05, 0.1) is 0 Å². The van der Waals surface area contributed by atoms with Gasteiger partial charge in [-0.3, -0.25) is 10.1 Å². The number of nitro groups is 2. The topological polar surface area (TPSA) is 102 Å². The van der Waals surface area contributed by atoms with Gasteiger partial charge >= 0.3 is 0 Å².